The minimum atomic E-state index is -0.265. The Balaban J connectivity index is 1.68. The number of halogens is 1. The van der Waals surface area contributed by atoms with Gasteiger partial charge >= 0.3 is 0 Å². The number of benzene rings is 1. The van der Waals surface area contributed by atoms with Gasteiger partial charge in [-0.1, -0.05) is 18.5 Å². The number of nitrogens with zero attached hydrogens (tertiary/aromatic N) is 2. The number of rotatable bonds is 3. The van der Waals surface area contributed by atoms with Gasteiger partial charge in [0.1, 0.15) is 0 Å². The van der Waals surface area contributed by atoms with Crippen molar-refractivity contribution in [2.24, 2.45) is 17.1 Å². The molecule has 0 bridgehead atoms. The van der Waals surface area contributed by atoms with Crippen molar-refractivity contribution in [2.45, 2.75) is 19.8 Å². The van der Waals surface area contributed by atoms with Gasteiger partial charge in [0.25, 0.3) is 0 Å². The predicted octanol–water partition coefficient (Wildman–Crippen LogP) is 1.89. The van der Waals surface area contributed by atoms with E-state index < -0.39 is 0 Å². The van der Waals surface area contributed by atoms with Gasteiger partial charge in [-0.25, -0.2) is 0 Å². The van der Waals surface area contributed by atoms with Gasteiger partial charge in [0.05, 0.1) is 5.92 Å². The smallest absolute Gasteiger partial charge is 0.228 e. The molecule has 124 valence electrons. The second-order valence-corrected chi connectivity index (χ2v) is 7.34. The van der Waals surface area contributed by atoms with Crippen molar-refractivity contribution in [3.63, 3.8) is 0 Å². The summed E-state index contributed by atoms with van der Waals surface area (Å²) in [7, 11) is 0. The molecule has 2 aliphatic heterocycles. The molecule has 1 aromatic rings. The summed E-state index contributed by atoms with van der Waals surface area (Å²) in [6, 6.07) is 7.14. The number of hydrogen-bond acceptors (Lipinski definition) is 3. The molecule has 0 spiro atoms. The topological polar surface area (TPSA) is 66.6 Å². The van der Waals surface area contributed by atoms with Crippen LogP contribution < -0.4 is 10.6 Å². The summed E-state index contributed by atoms with van der Waals surface area (Å²) >= 11 is 5.89. The molecule has 6 heteroatoms. The normalized spacial score (nSPS) is 27.8. The quantitative estimate of drug-likeness (QED) is 0.917. The Labute approximate surface area is 141 Å². The lowest BCUT2D eigenvalue weighted by Gasteiger charge is -2.24. The highest BCUT2D eigenvalue weighted by atomic mass is 35.5. The molecule has 2 amide bonds. The fraction of sp³-hybridized carbons (Fsp3) is 0.529. The molecule has 2 unspecified atom stereocenters. The molecule has 2 N–H and O–H groups in total. The lowest BCUT2D eigenvalue weighted by atomic mass is 9.90. The Kier molecular flexibility index (Phi) is 4.34. The van der Waals surface area contributed by atoms with E-state index in [9.17, 15) is 9.59 Å². The summed E-state index contributed by atoms with van der Waals surface area (Å²) in [6.07, 6.45) is 1.20. The lowest BCUT2D eigenvalue weighted by molar-refractivity contribution is -0.135. The van der Waals surface area contributed by atoms with Crippen LogP contribution in [0, 0.1) is 11.3 Å². The van der Waals surface area contributed by atoms with Gasteiger partial charge in [-0.3, -0.25) is 9.59 Å². The first kappa shape index (κ1) is 16.3. The van der Waals surface area contributed by atoms with Crippen LogP contribution in [0.25, 0.3) is 0 Å². The third-order valence-electron chi connectivity index (χ3n) is 4.97. The number of anilines is 1. The molecule has 2 aliphatic rings. The molecule has 2 saturated heterocycles. The summed E-state index contributed by atoms with van der Waals surface area (Å²) < 4.78 is 0. The molecule has 5 nitrogen and oxygen atoms in total. The van der Waals surface area contributed by atoms with E-state index in [1.165, 1.54) is 0 Å². The second-order valence-electron chi connectivity index (χ2n) is 6.91. The molecular weight excluding hydrogens is 314 g/mol. The molecule has 2 fully saturated rings. The summed E-state index contributed by atoms with van der Waals surface area (Å²) in [5, 5.41) is 0.631. The van der Waals surface area contributed by atoms with Crippen LogP contribution in [0.2, 0.25) is 5.02 Å². The van der Waals surface area contributed by atoms with E-state index in [2.05, 4.69) is 6.92 Å². The fourth-order valence-corrected chi connectivity index (χ4v) is 3.51. The van der Waals surface area contributed by atoms with Crippen LogP contribution in [0.4, 0.5) is 5.69 Å². The number of nitrogens with two attached hydrogens (primary N) is 1. The Bertz CT molecular complexity index is 619. The van der Waals surface area contributed by atoms with Crippen molar-refractivity contribution in [2.75, 3.05) is 31.1 Å². The van der Waals surface area contributed by atoms with Crippen molar-refractivity contribution in [3.8, 4) is 0 Å². The van der Waals surface area contributed by atoms with Gasteiger partial charge in [0.2, 0.25) is 11.8 Å². The highest BCUT2D eigenvalue weighted by Crippen LogP contribution is 2.32. The SMILES string of the molecule is CC1(CN)CCN(C(=O)C2CC(=O)N(c3ccc(Cl)cc3)C2)C1. The van der Waals surface area contributed by atoms with E-state index in [-0.39, 0.29) is 29.6 Å². The predicted molar refractivity (Wildman–Crippen MR) is 90.3 cm³/mol. The zero-order valence-electron chi connectivity index (χ0n) is 13.3. The van der Waals surface area contributed by atoms with E-state index in [4.69, 9.17) is 17.3 Å². The van der Waals surface area contributed by atoms with Crippen LogP contribution >= 0.6 is 11.6 Å². The maximum atomic E-state index is 12.7. The van der Waals surface area contributed by atoms with Crippen LogP contribution in [0.5, 0.6) is 0 Å². The van der Waals surface area contributed by atoms with Gasteiger partial charge in [-0.05, 0) is 42.6 Å². The largest absolute Gasteiger partial charge is 0.342 e. The van der Waals surface area contributed by atoms with Crippen LogP contribution in [-0.2, 0) is 9.59 Å². The summed E-state index contributed by atoms with van der Waals surface area (Å²) in [4.78, 5) is 28.5. The average molecular weight is 336 g/mol. The molecule has 0 aromatic heterocycles. The van der Waals surface area contributed by atoms with Crippen molar-refractivity contribution in [1.82, 2.24) is 4.90 Å². The summed E-state index contributed by atoms with van der Waals surface area (Å²) in [6.45, 7) is 4.55. The maximum absolute atomic E-state index is 12.7. The Morgan fingerprint density at radius 3 is 2.70 bits per heavy atom. The number of hydrogen-bond donors (Lipinski definition) is 1. The van der Waals surface area contributed by atoms with E-state index in [0.29, 0.717) is 24.7 Å². The number of carbonyl (C=O) groups is 2. The minimum absolute atomic E-state index is 0.00791. The minimum Gasteiger partial charge on any atom is -0.342 e. The van der Waals surface area contributed by atoms with Crippen LogP contribution in [0.3, 0.4) is 0 Å². The molecular formula is C17H22ClN3O2. The van der Waals surface area contributed by atoms with Gasteiger partial charge in [-0.15, -0.1) is 0 Å². The molecule has 2 atom stereocenters. The third-order valence-corrected chi connectivity index (χ3v) is 5.23. The van der Waals surface area contributed by atoms with Crippen molar-refractivity contribution < 1.29 is 9.59 Å². The van der Waals surface area contributed by atoms with E-state index in [1.54, 1.807) is 17.0 Å². The van der Waals surface area contributed by atoms with E-state index in [1.807, 2.05) is 17.0 Å². The zero-order valence-corrected chi connectivity index (χ0v) is 14.1. The van der Waals surface area contributed by atoms with E-state index in [0.717, 1.165) is 18.7 Å². The molecule has 1 aromatic carbocycles. The molecule has 0 saturated carbocycles. The fourth-order valence-electron chi connectivity index (χ4n) is 3.38. The van der Waals surface area contributed by atoms with Gasteiger partial charge in [0.15, 0.2) is 0 Å². The average Bonchev–Trinajstić information content (AvgIpc) is 3.12. The molecule has 2 heterocycles. The zero-order chi connectivity index (χ0) is 16.6. The third kappa shape index (κ3) is 3.21. The Hall–Kier alpha value is -1.59. The Morgan fingerprint density at radius 2 is 2.09 bits per heavy atom. The molecule has 0 aliphatic carbocycles. The first-order valence-electron chi connectivity index (χ1n) is 7.97. The first-order chi connectivity index (χ1) is 10.9. The van der Waals surface area contributed by atoms with Crippen molar-refractivity contribution in [1.29, 1.82) is 0 Å². The summed E-state index contributed by atoms with van der Waals surface area (Å²) in [5.41, 5.74) is 6.61. The van der Waals surface area contributed by atoms with Gasteiger partial charge < -0.3 is 15.5 Å². The van der Waals surface area contributed by atoms with Crippen molar-refractivity contribution in [3.05, 3.63) is 29.3 Å². The molecule has 23 heavy (non-hydrogen) atoms. The molecule has 0 radical (unpaired) electrons. The van der Waals surface area contributed by atoms with Gasteiger partial charge in [-0.2, -0.15) is 0 Å². The number of amides is 2. The highest BCUT2D eigenvalue weighted by molar-refractivity contribution is 6.30. The monoisotopic (exact) mass is 335 g/mol. The number of likely N-dealkylation sites (tertiary alicyclic amines) is 1. The van der Waals surface area contributed by atoms with Crippen LogP contribution in [0.1, 0.15) is 19.8 Å². The van der Waals surface area contributed by atoms with E-state index >= 15 is 0 Å². The molecule has 3 rings (SSSR count). The van der Waals surface area contributed by atoms with Crippen LogP contribution in [-0.4, -0.2) is 42.9 Å². The first-order valence-corrected chi connectivity index (χ1v) is 8.34. The lowest BCUT2D eigenvalue weighted by Crippen LogP contribution is -2.38. The van der Waals surface area contributed by atoms with Crippen LogP contribution in [0.15, 0.2) is 24.3 Å². The number of carbonyl (C=O) groups excluding carboxylic acids is 2. The standard InChI is InChI=1S/C17H22ClN3O2/c1-17(10-19)6-7-20(11-17)16(23)12-8-15(22)21(9-12)14-4-2-13(18)3-5-14/h2-5,12H,6-11,19H2,1H3. The summed E-state index contributed by atoms with van der Waals surface area (Å²) in [5.74, 6) is -0.197. The van der Waals surface area contributed by atoms with Gasteiger partial charge in [0, 0.05) is 36.8 Å². The van der Waals surface area contributed by atoms with Crippen molar-refractivity contribution >= 4 is 29.1 Å². The Morgan fingerprint density at radius 1 is 1.39 bits per heavy atom. The second kappa shape index (κ2) is 6.13. The highest BCUT2D eigenvalue weighted by Gasteiger charge is 2.41. The maximum Gasteiger partial charge on any atom is 0.228 e.